The molecule has 1 aliphatic rings. The van der Waals surface area contributed by atoms with Crippen molar-refractivity contribution in [1.82, 2.24) is 10.1 Å². The van der Waals surface area contributed by atoms with Crippen LogP contribution in [0.3, 0.4) is 0 Å². The maximum Gasteiger partial charge on any atom is 0.255 e. The summed E-state index contributed by atoms with van der Waals surface area (Å²) in [6.07, 6.45) is 3.43. The van der Waals surface area contributed by atoms with Gasteiger partial charge < -0.3 is 9.84 Å². The Balaban J connectivity index is 1.53. The van der Waals surface area contributed by atoms with Crippen LogP contribution in [0.1, 0.15) is 47.0 Å². The maximum absolute atomic E-state index is 12.6. The number of halogens is 1. The highest BCUT2D eigenvalue weighted by Gasteiger charge is 2.25. The lowest BCUT2D eigenvalue weighted by atomic mass is 9.85. The number of carbonyl (C=O) groups is 1. The van der Waals surface area contributed by atoms with Crippen LogP contribution in [0.15, 0.2) is 51.5 Å². The number of anilines is 1. The normalized spacial score (nSPS) is 14.1. The van der Waals surface area contributed by atoms with Crippen LogP contribution >= 0.6 is 15.9 Å². The lowest BCUT2D eigenvalue weighted by Crippen LogP contribution is -2.12. The van der Waals surface area contributed by atoms with E-state index in [1.807, 2.05) is 37.3 Å². The predicted octanol–water partition coefficient (Wildman–Crippen LogP) is 5.33. The molecule has 1 amide bonds. The first-order valence-electron chi connectivity index (χ1n) is 8.62. The number of hydrogen-bond donors (Lipinski definition) is 1. The van der Waals surface area contributed by atoms with Crippen molar-refractivity contribution >= 4 is 27.5 Å². The topological polar surface area (TPSA) is 68.0 Å². The van der Waals surface area contributed by atoms with Crippen LogP contribution in [0.2, 0.25) is 0 Å². The molecule has 0 bridgehead atoms. The van der Waals surface area contributed by atoms with Gasteiger partial charge in [-0.15, -0.1) is 0 Å². The molecule has 1 heterocycles. The average molecular weight is 412 g/mol. The van der Waals surface area contributed by atoms with Gasteiger partial charge in [0.25, 0.3) is 5.91 Å². The largest absolute Gasteiger partial charge is 0.339 e. The van der Waals surface area contributed by atoms with Gasteiger partial charge in [0.2, 0.25) is 11.7 Å². The van der Waals surface area contributed by atoms with Crippen LogP contribution in [0.25, 0.3) is 11.4 Å². The number of aryl methyl sites for hydroxylation is 1. The Labute approximate surface area is 159 Å². The molecule has 0 saturated heterocycles. The number of hydrogen-bond acceptors (Lipinski definition) is 4. The molecule has 26 heavy (non-hydrogen) atoms. The smallest absolute Gasteiger partial charge is 0.255 e. The zero-order valence-corrected chi connectivity index (χ0v) is 15.9. The van der Waals surface area contributed by atoms with E-state index in [2.05, 4.69) is 31.4 Å². The molecule has 0 radical (unpaired) electrons. The van der Waals surface area contributed by atoms with E-state index < -0.39 is 0 Å². The van der Waals surface area contributed by atoms with Gasteiger partial charge in [-0.1, -0.05) is 39.6 Å². The van der Waals surface area contributed by atoms with Gasteiger partial charge in [-0.3, -0.25) is 4.79 Å². The van der Waals surface area contributed by atoms with E-state index in [-0.39, 0.29) is 5.91 Å². The summed E-state index contributed by atoms with van der Waals surface area (Å²) in [6, 6.07) is 13.0. The third-order valence-corrected chi connectivity index (χ3v) is 5.58. The van der Waals surface area contributed by atoms with Crippen molar-refractivity contribution in [2.45, 2.75) is 32.1 Å². The van der Waals surface area contributed by atoms with Gasteiger partial charge in [-0.2, -0.15) is 4.98 Å². The van der Waals surface area contributed by atoms with Gasteiger partial charge in [0, 0.05) is 27.2 Å². The fraction of sp³-hybridized carbons (Fsp3) is 0.250. The summed E-state index contributed by atoms with van der Waals surface area (Å²) < 4.78 is 6.39. The molecule has 1 fully saturated rings. The zero-order valence-electron chi connectivity index (χ0n) is 14.3. The highest BCUT2D eigenvalue weighted by atomic mass is 79.9. The van der Waals surface area contributed by atoms with Crippen molar-refractivity contribution in [2.75, 3.05) is 5.32 Å². The Morgan fingerprint density at radius 3 is 2.81 bits per heavy atom. The molecule has 0 atom stereocenters. The van der Waals surface area contributed by atoms with Crippen LogP contribution in [0.5, 0.6) is 0 Å². The molecular formula is C20H18BrN3O2. The Bertz CT molecular complexity index is 963. The number of carbonyl (C=O) groups excluding carboxylic acids is 1. The minimum atomic E-state index is -0.170. The molecule has 1 saturated carbocycles. The molecule has 3 aromatic rings. The average Bonchev–Trinajstić information content (AvgIpc) is 3.06. The van der Waals surface area contributed by atoms with Gasteiger partial charge in [0.1, 0.15) is 0 Å². The first-order valence-corrected chi connectivity index (χ1v) is 9.41. The van der Waals surface area contributed by atoms with E-state index >= 15 is 0 Å². The van der Waals surface area contributed by atoms with E-state index in [1.165, 1.54) is 6.42 Å². The summed E-state index contributed by atoms with van der Waals surface area (Å²) in [5.41, 5.74) is 3.15. The monoisotopic (exact) mass is 411 g/mol. The van der Waals surface area contributed by atoms with Gasteiger partial charge in [-0.25, -0.2) is 0 Å². The summed E-state index contributed by atoms with van der Waals surface area (Å²) in [4.78, 5) is 17.1. The number of amides is 1. The van der Waals surface area contributed by atoms with Gasteiger partial charge in [0.05, 0.1) is 0 Å². The Morgan fingerprint density at radius 1 is 1.23 bits per heavy atom. The lowest BCUT2D eigenvalue weighted by molar-refractivity contribution is 0.102. The van der Waals surface area contributed by atoms with Crippen molar-refractivity contribution in [3.63, 3.8) is 0 Å². The molecule has 2 aromatic carbocycles. The molecule has 0 unspecified atom stereocenters. The predicted molar refractivity (Wildman–Crippen MR) is 103 cm³/mol. The van der Waals surface area contributed by atoms with Crippen LogP contribution in [0.4, 0.5) is 5.69 Å². The quantitative estimate of drug-likeness (QED) is 0.629. The Morgan fingerprint density at radius 2 is 2.08 bits per heavy atom. The van der Waals surface area contributed by atoms with E-state index in [0.29, 0.717) is 23.2 Å². The Kier molecular flexibility index (Phi) is 4.59. The van der Waals surface area contributed by atoms with Crippen LogP contribution in [0, 0.1) is 6.92 Å². The van der Waals surface area contributed by atoms with E-state index in [0.717, 1.165) is 34.1 Å². The van der Waals surface area contributed by atoms with Crippen LogP contribution in [-0.2, 0) is 0 Å². The minimum absolute atomic E-state index is 0.170. The number of rotatable bonds is 4. The molecule has 0 spiro atoms. The number of aromatic nitrogens is 2. The molecule has 0 aliphatic heterocycles. The second-order valence-electron chi connectivity index (χ2n) is 6.58. The summed E-state index contributed by atoms with van der Waals surface area (Å²) in [5, 5.41) is 6.99. The zero-order chi connectivity index (χ0) is 18.1. The molecule has 5 nitrogen and oxygen atoms in total. The van der Waals surface area contributed by atoms with Crippen molar-refractivity contribution in [2.24, 2.45) is 0 Å². The van der Waals surface area contributed by atoms with Crippen LogP contribution < -0.4 is 5.32 Å². The van der Waals surface area contributed by atoms with Crippen molar-refractivity contribution < 1.29 is 9.32 Å². The highest BCUT2D eigenvalue weighted by Crippen LogP contribution is 2.36. The minimum Gasteiger partial charge on any atom is -0.339 e. The molecule has 1 N–H and O–H groups in total. The van der Waals surface area contributed by atoms with E-state index in [1.54, 1.807) is 12.1 Å². The lowest BCUT2D eigenvalue weighted by Gasteiger charge is -2.20. The number of benzene rings is 2. The van der Waals surface area contributed by atoms with E-state index in [9.17, 15) is 4.79 Å². The molecule has 6 heteroatoms. The van der Waals surface area contributed by atoms with Crippen LogP contribution in [-0.4, -0.2) is 16.0 Å². The third kappa shape index (κ3) is 3.42. The maximum atomic E-state index is 12.6. The molecule has 1 aliphatic carbocycles. The summed E-state index contributed by atoms with van der Waals surface area (Å²) in [7, 11) is 0. The Hall–Kier alpha value is -2.47. The standard InChI is InChI=1S/C20H18BrN3O2/c1-12-10-16(8-9-17(12)21)22-19(25)15-7-3-6-14(11-15)18-23-20(26-24-18)13-4-2-5-13/h3,6-11,13H,2,4-5H2,1H3,(H,22,25). The van der Waals surface area contributed by atoms with E-state index in [4.69, 9.17) is 4.52 Å². The SMILES string of the molecule is Cc1cc(NC(=O)c2cccc(-c3noc(C4CCC4)n3)c2)ccc1Br. The number of nitrogens with one attached hydrogen (secondary N) is 1. The summed E-state index contributed by atoms with van der Waals surface area (Å²) in [6.45, 7) is 1.98. The van der Waals surface area contributed by atoms with Gasteiger partial charge in [0.15, 0.2) is 0 Å². The molecule has 132 valence electrons. The number of nitrogens with zero attached hydrogens (tertiary/aromatic N) is 2. The van der Waals surface area contributed by atoms with Crippen molar-refractivity contribution in [1.29, 1.82) is 0 Å². The van der Waals surface area contributed by atoms with Crippen molar-refractivity contribution in [3.8, 4) is 11.4 Å². The van der Waals surface area contributed by atoms with Crippen molar-refractivity contribution in [3.05, 3.63) is 64.0 Å². The second kappa shape index (κ2) is 7.03. The first-order chi connectivity index (χ1) is 12.6. The fourth-order valence-electron chi connectivity index (χ4n) is 2.90. The summed E-state index contributed by atoms with van der Waals surface area (Å²) in [5.74, 6) is 1.45. The molecular weight excluding hydrogens is 394 g/mol. The fourth-order valence-corrected chi connectivity index (χ4v) is 3.15. The second-order valence-corrected chi connectivity index (χ2v) is 7.44. The van der Waals surface area contributed by atoms with Gasteiger partial charge in [-0.05, 0) is 55.7 Å². The first kappa shape index (κ1) is 17.0. The summed E-state index contributed by atoms with van der Waals surface area (Å²) >= 11 is 3.46. The highest BCUT2D eigenvalue weighted by molar-refractivity contribution is 9.10. The molecule has 1 aromatic heterocycles. The van der Waals surface area contributed by atoms with Gasteiger partial charge >= 0.3 is 0 Å². The third-order valence-electron chi connectivity index (χ3n) is 4.69. The molecule has 4 rings (SSSR count).